The number of hydrogen-bond acceptors (Lipinski definition) is 3. The van der Waals surface area contributed by atoms with Gasteiger partial charge in [-0.2, -0.15) is 0 Å². The number of fused-ring (bicyclic) bond motifs is 4. The van der Waals surface area contributed by atoms with Gasteiger partial charge in [0.15, 0.2) is 0 Å². The van der Waals surface area contributed by atoms with E-state index in [1.807, 2.05) is 0 Å². The van der Waals surface area contributed by atoms with E-state index in [1.165, 1.54) is 61.1 Å². The first-order chi connectivity index (χ1) is 31.8. The molecule has 0 fully saturated rings. The average Bonchev–Trinajstić information content (AvgIpc) is 3.38. The van der Waals surface area contributed by atoms with Crippen LogP contribution in [0, 0.1) is 0 Å². The lowest BCUT2D eigenvalue weighted by molar-refractivity contribution is 1.23. The zero-order chi connectivity index (χ0) is 42.4. The molecule has 0 bridgehead atoms. The second-order valence-corrected chi connectivity index (χ2v) is 16.5. The second-order valence-electron chi connectivity index (χ2n) is 16.5. The molecule has 4 heteroatoms. The average molecular weight is 816 g/mol. The normalized spacial score (nSPS) is 12.3. The zero-order valence-corrected chi connectivity index (χ0v) is 35.2. The van der Waals surface area contributed by atoms with Crippen LogP contribution in [0.25, 0.3) is 33.4 Å². The molecule has 3 nitrogen and oxygen atoms in total. The van der Waals surface area contributed by atoms with E-state index in [0.717, 1.165) is 39.8 Å². The molecule has 10 aromatic rings. The van der Waals surface area contributed by atoms with E-state index in [0.29, 0.717) is 0 Å². The summed E-state index contributed by atoms with van der Waals surface area (Å²) in [6.45, 7) is -0.0228. The Balaban J connectivity index is 1.17. The van der Waals surface area contributed by atoms with Crippen LogP contribution in [0.15, 0.2) is 255 Å². The molecule has 2 aliphatic rings. The minimum Gasteiger partial charge on any atom is -0.311 e. The van der Waals surface area contributed by atoms with Crippen molar-refractivity contribution in [1.82, 2.24) is 0 Å². The van der Waals surface area contributed by atoms with Crippen LogP contribution in [0.4, 0.5) is 51.2 Å². The minimum atomic E-state index is -0.0228. The fourth-order valence-corrected chi connectivity index (χ4v) is 9.91. The first-order valence-electron chi connectivity index (χ1n) is 22.0. The second kappa shape index (κ2) is 15.8. The molecule has 0 saturated carbocycles. The Morgan fingerprint density at radius 3 is 1.30 bits per heavy atom. The SMILES string of the molecule is c1ccc(-c2ccc(N3c4ccccc4B4c5ccc(-c6ccccc6)cc5N(c5cccc(-c6ccccc6)c5)c5cc(N(c6ccccc6)c6ccccc6)cc3c54)cc2)cc1. The highest BCUT2D eigenvalue weighted by Gasteiger charge is 2.44. The molecule has 0 aliphatic carbocycles. The van der Waals surface area contributed by atoms with E-state index in [-0.39, 0.29) is 6.71 Å². The van der Waals surface area contributed by atoms with Gasteiger partial charge < -0.3 is 14.7 Å². The fourth-order valence-electron chi connectivity index (χ4n) is 9.91. The van der Waals surface area contributed by atoms with Crippen LogP contribution in [-0.2, 0) is 0 Å². The van der Waals surface area contributed by atoms with Gasteiger partial charge in [-0.3, -0.25) is 0 Å². The van der Waals surface area contributed by atoms with Crippen LogP contribution in [-0.4, -0.2) is 6.71 Å². The molecule has 10 aromatic carbocycles. The predicted octanol–water partition coefficient (Wildman–Crippen LogP) is 14.2. The first kappa shape index (κ1) is 37.4. The van der Waals surface area contributed by atoms with Gasteiger partial charge in [0.2, 0.25) is 0 Å². The maximum Gasteiger partial charge on any atom is 0.252 e. The maximum absolute atomic E-state index is 2.53. The third-order valence-corrected chi connectivity index (χ3v) is 12.8. The van der Waals surface area contributed by atoms with Crippen LogP contribution in [0.5, 0.6) is 0 Å². The van der Waals surface area contributed by atoms with Crippen LogP contribution < -0.4 is 31.1 Å². The summed E-state index contributed by atoms with van der Waals surface area (Å²) in [5.41, 5.74) is 21.1. The van der Waals surface area contributed by atoms with Crippen molar-refractivity contribution in [1.29, 1.82) is 0 Å². The summed E-state index contributed by atoms with van der Waals surface area (Å²) in [6.07, 6.45) is 0. The minimum absolute atomic E-state index is 0.0228. The summed E-state index contributed by atoms with van der Waals surface area (Å²) in [4.78, 5) is 7.43. The summed E-state index contributed by atoms with van der Waals surface area (Å²) in [5, 5.41) is 0. The maximum atomic E-state index is 2.53. The smallest absolute Gasteiger partial charge is 0.252 e. The monoisotopic (exact) mass is 815 g/mol. The van der Waals surface area contributed by atoms with Crippen molar-refractivity contribution >= 4 is 74.3 Å². The van der Waals surface area contributed by atoms with Gasteiger partial charge >= 0.3 is 0 Å². The summed E-state index contributed by atoms with van der Waals surface area (Å²) in [5.74, 6) is 0. The van der Waals surface area contributed by atoms with Crippen molar-refractivity contribution in [3.05, 3.63) is 255 Å². The number of anilines is 9. The van der Waals surface area contributed by atoms with E-state index in [4.69, 9.17) is 0 Å². The number of hydrogen-bond donors (Lipinski definition) is 0. The lowest BCUT2D eigenvalue weighted by Crippen LogP contribution is -2.61. The molecule has 2 aliphatic heterocycles. The largest absolute Gasteiger partial charge is 0.311 e. The van der Waals surface area contributed by atoms with Gasteiger partial charge in [0.25, 0.3) is 6.71 Å². The number of para-hydroxylation sites is 3. The van der Waals surface area contributed by atoms with Crippen LogP contribution in [0.1, 0.15) is 0 Å². The molecule has 0 saturated heterocycles. The molecule has 0 aromatic heterocycles. The molecule has 0 unspecified atom stereocenters. The van der Waals surface area contributed by atoms with Crippen molar-refractivity contribution in [2.45, 2.75) is 0 Å². The molecule has 0 amide bonds. The molecule has 64 heavy (non-hydrogen) atoms. The Hall–Kier alpha value is -8.34. The van der Waals surface area contributed by atoms with Gasteiger partial charge in [-0.15, -0.1) is 0 Å². The summed E-state index contributed by atoms with van der Waals surface area (Å²) < 4.78 is 0. The van der Waals surface area contributed by atoms with E-state index >= 15 is 0 Å². The molecule has 0 radical (unpaired) electrons. The van der Waals surface area contributed by atoms with E-state index in [2.05, 4.69) is 269 Å². The molecule has 12 rings (SSSR count). The van der Waals surface area contributed by atoms with E-state index in [1.54, 1.807) is 0 Å². The lowest BCUT2D eigenvalue weighted by atomic mass is 9.33. The number of benzene rings is 10. The van der Waals surface area contributed by atoms with Gasteiger partial charge in [0, 0.05) is 45.5 Å². The topological polar surface area (TPSA) is 9.72 Å². The van der Waals surface area contributed by atoms with Crippen molar-refractivity contribution in [3.8, 4) is 33.4 Å². The van der Waals surface area contributed by atoms with Gasteiger partial charge in [0.05, 0.1) is 5.69 Å². The van der Waals surface area contributed by atoms with E-state index in [9.17, 15) is 0 Å². The summed E-state index contributed by atoms with van der Waals surface area (Å²) >= 11 is 0. The van der Waals surface area contributed by atoms with Crippen molar-refractivity contribution < 1.29 is 0 Å². The molecule has 2 heterocycles. The van der Waals surface area contributed by atoms with Crippen LogP contribution in [0.3, 0.4) is 0 Å². The standard InChI is InChI=1S/C60H42BN3/c1-6-19-43(20-7-1)46-33-36-51(37-34-46)63-56-32-17-16-31-54(56)61-55-38-35-48(45-23-10-3-11-24-45)40-57(55)64(52-30-18-25-47(39-52)44-21-8-2-9-22-44)59-42-53(41-58(63)60(59)61)62(49-26-12-4-13-27-49)50-28-14-5-15-29-50/h1-42H. The highest BCUT2D eigenvalue weighted by Crippen LogP contribution is 2.49. The Morgan fingerprint density at radius 1 is 0.266 bits per heavy atom. The molecular weight excluding hydrogens is 773 g/mol. The Morgan fingerprint density at radius 2 is 0.703 bits per heavy atom. The third kappa shape index (κ3) is 6.47. The third-order valence-electron chi connectivity index (χ3n) is 12.8. The molecule has 0 N–H and O–H groups in total. The fraction of sp³-hybridized carbons (Fsp3) is 0. The van der Waals surface area contributed by atoms with Crippen molar-refractivity contribution in [2.24, 2.45) is 0 Å². The first-order valence-corrected chi connectivity index (χ1v) is 22.0. The Bertz CT molecular complexity index is 3230. The van der Waals surface area contributed by atoms with Crippen LogP contribution >= 0.6 is 0 Å². The molecule has 0 spiro atoms. The lowest BCUT2D eigenvalue weighted by Gasteiger charge is -2.45. The van der Waals surface area contributed by atoms with Crippen molar-refractivity contribution in [2.75, 3.05) is 14.7 Å². The number of rotatable bonds is 8. The van der Waals surface area contributed by atoms with Gasteiger partial charge in [-0.1, -0.05) is 182 Å². The Kier molecular flexibility index (Phi) is 9.27. The predicted molar refractivity (Wildman–Crippen MR) is 271 cm³/mol. The quantitative estimate of drug-likeness (QED) is 0.142. The molecule has 0 atom stereocenters. The number of nitrogens with zero attached hydrogens (tertiary/aromatic N) is 3. The van der Waals surface area contributed by atoms with Gasteiger partial charge in [-0.05, 0) is 123 Å². The molecule has 300 valence electrons. The summed E-state index contributed by atoms with van der Waals surface area (Å²) in [6, 6.07) is 92.8. The van der Waals surface area contributed by atoms with E-state index < -0.39 is 0 Å². The van der Waals surface area contributed by atoms with Gasteiger partial charge in [0.1, 0.15) is 0 Å². The van der Waals surface area contributed by atoms with Gasteiger partial charge in [-0.25, -0.2) is 0 Å². The highest BCUT2D eigenvalue weighted by atomic mass is 15.2. The zero-order valence-electron chi connectivity index (χ0n) is 35.2. The summed E-state index contributed by atoms with van der Waals surface area (Å²) in [7, 11) is 0. The van der Waals surface area contributed by atoms with Crippen LogP contribution in [0.2, 0.25) is 0 Å². The van der Waals surface area contributed by atoms with Crippen molar-refractivity contribution in [3.63, 3.8) is 0 Å². The highest BCUT2D eigenvalue weighted by molar-refractivity contribution is 7.00. The Labute approximate surface area is 375 Å². The molecular formula is C60H42BN3.